The summed E-state index contributed by atoms with van der Waals surface area (Å²) >= 11 is 0. The molecule has 0 aliphatic heterocycles. The van der Waals surface area contributed by atoms with Crippen LogP contribution in [0.25, 0.3) is 11.2 Å². The third-order valence-electron chi connectivity index (χ3n) is 6.14. The van der Waals surface area contributed by atoms with Crippen LogP contribution in [0.1, 0.15) is 78.1 Å². The van der Waals surface area contributed by atoms with Gasteiger partial charge in [-0.3, -0.25) is 9.59 Å². The van der Waals surface area contributed by atoms with E-state index in [9.17, 15) is 14.0 Å². The summed E-state index contributed by atoms with van der Waals surface area (Å²) in [6.45, 7) is 3.73. The fourth-order valence-electron chi connectivity index (χ4n) is 3.88. The van der Waals surface area contributed by atoms with Crippen molar-refractivity contribution in [2.75, 3.05) is 19.5 Å². The number of carbonyl (C=O) groups excluding carboxylic acids is 2. The second kappa shape index (κ2) is 15.1. The van der Waals surface area contributed by atoms with E-state index in [1.165, 1.54) is 18.0 Å². The summed E-state index contributed by atoms with van der Waals surface area (Å²) < 4.78 is 32.2. The summed E-state index contributed by atoms with van der Waals surface area (Å²) in [5.41, 5.74) is 4.46. The van der Waals surface area contributed by atoms with Crippen LogP contribution >= 0.6 is 0 Å². The Balaban J connectivity index is 2.27. The zero-order chi connectivity index (χ0) is 27.3. The van der Waals surface area contributed by atoms with Gasteiger partial charge in [0.2, 0.25) is 5.60 Å². The van der Waals surface area contributed by atoms with Crippen LogP contribution in [-0.2, 0) is 30.3 Å². The number of ether oxygens (including phenoxy) is 3. The van der Waals surface area contributed by atoms with Gasteiger partial charge in [0.1, 0.15) is 12.1 Å². The number of methoxy groups -OCH3 is 1. The third kappa shape index (κ3) is 8.67. The van der Waals surface area contributed by atoms with E-state index in [0.29, 0.717) is 12.8 Å². The lowest BCUT2D eigenvalue weighted by Gasteiger charge is -2.34. The van der Waals surface area contributed by atoms with E-state index in [2.05, 4.69) is 34.7 Å². The van der Waals surface area contributed by atoms with Gasteiger partial charge in [-0.1, -0.05) is 58.3 Å². The summed E-state index contributed by atoms with van der Waals surface area (Å²) in [6, 6.07) is 0. The molecule has 2 aromatic heterocycles. The Morgan fingerprint density at radius 3 is 2.35 bits per heavy atom. The monoisotopic (exact) mass is 519 g/mol. The van der Waals surface area contributed by atoms with Crippen molar-refractivity contribution >= 4 is 28.9 Å². The lowest BCUT2D eigenvalue weighted by atomic mass is 9.97. The van der Waals surface area contributed by atoms with Gasteiger partial charge in [-0.25, -0.2) is 4.98 Å². The second-order valence-corrected chi connectivity index (χ2v) is 8.95. The number of terminal acetylenes is 1. The SMILES string of the molecule is C#C[C@](COC(=O)CCCCCC)(OC)[C@H](Cn1cnc2c(N)nc(F)nc21)OC(=O)CCCCCC. The smallest absolute Gasteiger partial charge is 0.312 e. The highest BCUT2D eigenvalue weighted by molar-refractivity contribution is 5.81. The predicted molar refractivity (Wildman–Crippen MR) is 137 cm³/mol. The van der Waals surface area contributed by atoms with Gasteiger partial charge in [-0.15, -0.1) is 6.42 Å². The van der Waals surface area contributed by atoms with Crippen molar-refractivity contribution in [2.24, 2.45) is 0 Å². The Kier molecular flexibility index (Phi) is 12.2. The van der Waals surface area contributed by atoms with Crippen LogP contribution in [0.15, 0.2) is 6.33 Å². The molecule has 0 saturated carbocycles. The number of hydrogen-bond acceptors (Lipinski definition) is 9. The van der Waals surface area contributed by atoms with Gasteiger partial charge in [0.25, 0.3) is 0 Å². The minimum Gasteiger partial charge on any atom is -0.461 e. The van der Waals surface area contributed by atoms with E-state index < -0.39 is 29.7 Å². The van der Waals surface area contributed by atoms with Crippen LogP contribution in [0.5, 0.6) is 0 Å². The molecule has 2 heterocycles. The molecule has 2 N–H and O–H groups in total. The number of carbonyl (C=O) groups is 2. The summed E-state index contributed by atoms with van der Waals surface area (Å²) in [5, 5.41) is 0. The molecule has 11 heteroatoms. The van der Waals surface area contributed by atoms with E-state index in [4.69, 9.17) is 26.4 Å². The molecular weight excluding hydrogens is 481 g/mol. The number of fused-ring (bicyclic) bond motifs is 1. The number of nitrogens with two attached hydrogens (primary N) is 1. The first kappa shape index (κ1) is 30.0. The van der Waals surface area contributed by atoms with Crippen LogP contribution in [0, 0.1) is 18.4 Å². The van der Waals surface area contributed by atoms with E-state index >= 15 is 0 Å². The minimum absolute atomic E-state index is 0.0980. The summed E-state index contributed by atoms with van der Waals surface area (Å²) in [7, 11) is 1.35. The highest BCUT2D eigenvalue weighted by atomic mass is 19.1. The number of anilines is 1. The molecule has 0 bridgehead atoms. The highest BCUT2D eigenvalue weighted by Crippen LogP contribution is 2.25. The van der Waals surface area contributed by atoms with Gasteiger partial charge in [0.15, 0.2) is 17.6 Å². The number of aromatic nitrogens is 4. The summed E-state index contributed by atoms with van der Waals surface area (Å²) in [4.78, 5) is 36.5. The highest BCUT2D eigenvalue weighted by Gasteiger charge is 2.42. The molecule has 0 aliphatic carbocycles. The number of nitrogens with zero attached hydrogens (tertiary/aromatic N) is 4. The van der Waals surface area contributed by atoms with Crippen molar-refractivity contribution < 1.29 is 28.2 Å². The zero-order valence-corrected chi connectivity index (χ0v) is 22.0. The number of unbranched alkanes of at least 4 members (excludes halogenated alkanes) is 6. The number of esters is 2. The summed E-state index contributed by atoms with van der Waals surface area (Å²) in [5.74, 6) is 1.49. The van der Waals surface area contributed by atoms with Crippen LogP contribution in [0.2, 0.25) is 0 Å². The van der Waals surface area contributed by atoms with E-state index in [0.717, 1.165) is 38.5 Å². The Morgan fingerprint density at radius 2 is 1.76 bits per heavy atom. The van der Waals surface area contributed by atoms with Crippen LogP contribution in [-0.4, -0.2) is 56.9 Å². The molecule has 0 fully saturated rings. The molecule has 2 rings (SSSR count). The molecule has 0 aliphatic rings. The van der Waals surface area contributed by atoms with E-state index in [1.54, 1.807) is 0 Å². The lowest BCUT2D eigenvalue weighted by molar-refractivity contribution is -0.174. The van der Waals surface area contributed by atoms with Crippen molar-refractivity contribution in [3.8, 4) is 12.3 Å². The standard InChI is InChI=1S/C26H38FN5O5/c1-5-8-10-12-14-20(33)36-17-26(7-3,35-4)19(37-21(34)15-13-11-9-6-2)16-32-18-29-22-23(28)30-25(27)31-24(22)32/h3,18-19H,5-6,8-17H2,1-2,4H3,(H2,28,30,31)/t19-,26+/m0/s1. The maximum absolute atomic E-state index is 13.9. The van der Waals surface area contributed by atoms with Gasteiger partial charge in [-0.05, 0) is 12.8 Å². The molecule has 0 spiro atoms. The fourth-order valence-corrected chi connectivity index (χ4v) is 3.88. The van der Waals surface area contributed by atoms with Crippen molar-refractivity contribution in [3.05, 3.63) is 12.4 Å². The number of imidazole rings is 1. The van der Waals surface area contributed by atoms with Crippen molar-refractivity contribution in [1.29, 1.82) is 0 Å². The normalized spacial score (nSPS) is 13.6. The molecule has 0 radical (unpaired) electrons. The molecule has 0 saturated heterocycles. The van der Waals surface area contributed by atoms with Crippen molar-refractivity contribution in [2.45, 2.75) is 96.3 Å². The second-order valence-electron chi connectivity index (χ2n) is 8.95. The average molecular weight is 520 g/mol. The lowest BCUT2D eigenvalue weighted by Crippen LogP contribution is -2.51. The molecule has 2 atom stereocenters. The average Bonchev–Trinajstić information content (AvgIpc) is 3.28. The van der Waals surface area contributed by atoms with Crippen molar-refractivity contribution in [1.82, 2.24) is 19.5 Å². The number of hydrogen-bond donors (Lipinski definition) is 1. The van der Waals surface area contributed by atoms with Gasteiger partial charge in [0.05, 0.1) is 12.9 Å². The largest absolute Gasteiger partial charge is 0.461 e. The maximum atomic E-state index is 13.9. The molecule has 204 valence electrons. The molecule has 2 aromatic rings. The first-order valence-electron chi connectivity index (χ1n) is 12.8. The van der Waals surface area contributed by atoms with E-state index in [1.807, 2.05) is 0 Å². The Labute approximate surface area is 217 Å². The number of halogens is 1. The van der Waals surface area contributed by atoms with Gasteiger partial charge in [-0.2, -0.15) is 14.4 Å². The van der Waals surface area contributed by atoms with Gasteiger partial charge >= 0.3 is 18.0 Å². The first-order chi connectivity index (χ1) is 17.8. The molecule has 10 nitrogen and oxygen atoms in total. The maximum Gasteiger partial charge on any atom is 0.312 e. The van der Waals surface area contributed by atoms with Gasteiger partial charge < -0.3 is 24.5 Å². The predicted octanol–water partition coefficient (Wildman–Crippen LogP) is 3.96. The van der Waals surface area contributed by atoms with E-state index in [-0.39, 0.29) is 43.0 Å². The Bertz CT molecular complexity index is 1070. The molecule has 0 aromatic carbocycles. The third-order valence-corrected chi connectivity index (χ3v) is 6.14. The number of rotatable bonds is 17. The van der Waals surface area contributed by atoms with Crippen LogP contribution < -0.4 is 5.73 Å². The Morgan fingerprint density at radius 1 is 1.11 bits per heavy atom. The topological polar surface area (TPSA) is 131 Å². The molecule has 37 heavy (non-hydrogen) atoms. The van der Waals surface area contributed by atoms with Crippen LogP contribution in [0.3, 0.4) is 0 Å². The zero-order valence-electron chi connectivity index (χ0n) is 22.0. The molecule has 0 amide bonds. The summed E-state index contributed by atoms with van der Waals surface area (Å²) in [6.07, 6.45) is 12.8. The molecular formula is C26H38FN5O5. The quantitative estimate of drug-likeness (QED) is 0.143. The number of nitrogen functional groups attached to an aromatic ring is 1. The first-order valence-corrected chi connectivity index (χ1v) is 12.8. The fraction of sp³-hybridized carbons (Fsp3) is 0.654. The van der Waals surface area contributed by atoms with Crippen molar-refractivity contribution in [3.63, 3.8) is 0 Å². The minimum atomic E-state index is -1.61. The van der Waals surface area contributed by atoms with Crippen LogP contribution in [0.4, 0.5) is 10.2 Å². The van der Waals surface area contributed by atoms with Gasteiger partial charge in [0, 0.05) is 20.0 Å². The Hall–Kier alpha value is -3.26. The molecule has 0 unspecified atom stereocenters.